The largest absolute Gasteiger partial charge is 0.477 e. The van der Waals surface area contributed by atoms with Crippen molar-refractivity contribution in [1.29, 1.82) is 0 Å². The minimum Gasteiger partial charge on any atom is -0.477 e. The van der Waals surface area contributed by atoms with Crippen LogP contribution in [0, 0.1) is 0 Å². The van der Waals surface area contributed by atoms with Gasteiger partial charge in [0, 0.05) is 5.56 Å². The van der Waals surface area contributed by atoms with E-state index in [1.165, 1.54) is 26.0 Å². The van der Waals surface area contributed by atoms with Crippen LogP contribution in [-0.2, 0) is 5.67 Å². The normalized spacial score (nSPS) is 11.6. The van der Waals surface area contributed by atoms with Gasteiger partial charge in [-0.1, -0.05) is 23.7 Å². The van der Waals surface area contributed by atoms with E-state index in [1.807, 2.05) is 0 Å². The smallest absolute Gasteiger partial charge is 0.353 e. The molecule has 1 aromatic carbocycles. The van der Waals surface area contributed by atoms with Gasteiger partial charge in [0.25, 0.3) is 0 Å². The number of H-pyrrole nitrogens is 1. The van der Waals surface area contributed by atoms with Crippen LogP contribution in [0.5, 0.6) is 0 Å². The average Bonchev–Trinajstić information content (AvgIpc) is 2.76. The molecule has 0 bridgehead atoms. The highest BCUT2D eigenvalue weighted by Crippen LogP contribution is 2.32. The molecule has 6 heteroatoms. The summed E-state index contributed by atoms with van der Waals surface area (Å²) in [7, 11) is 0. The number of hydrogen-bond acceptors (Lipinski definition) is 2. The molecule has 0 atom stereocenters. The van der Waals surface area contributed by atoms with E-state index >= 15 is 0 Å². The fraction of sp³-hybridized carbons (Fsp3) is 0.231. The first kappa shape index (κ1) is 13.5. The van der Waals surface area contributed by atoms with E-state index in [9.17, 15) is 9.18 Å². The zero-order valence-corrected chi connectivity index (χ0v) is 11.1. The van der Waals surface area contributed by atoms with E-state index in [0.29, 0.717) is 21.8 Å². The molecule has 2 rings (SSSR count). The van der Waals surface area contributed by atoms with Gasteiger partial charge in [-0.3, -0.25) is 5.10 Å². The van der Waals surface area contributed by atoms with Gasteiger partial charge in [0.1, 0.15) is 11.4 Å². The van der Waals surface area contributed by atoms with Gasteiger partial charge in [-0.25, -0.2) is 9.18 Å². The predicted molar refractivity (Wildman–Crippen MR) is 70.1 cm³/mol. The molecule has 2 aromatic rings. The highest BCUT2D eigenvalue weighted by Gasteiger charge is 2.20. The summed E-state index contributed by atoms with van der Waals surface area (Å²) in [6.45, 7) is 2.88. The summed E-state index contributed by atoms with van der Waals surface area (Å²) in [4.78, 5) is 10.8. The minimum absolute atomic E-state index is 0.0269. The number of carboxylic acids is 1. The molecule has 100 valence electrons. The van der Waals surface area contributed by atoms with Gasteiger partial charge in [0.2, 0.25) is 0 Å². The Labute approximate surface area is 114 Å². The molecule has 4 nitrogen and oxygen atoms in total. The molecule has 0 aliphatic rings. The number of alkyl halides is 1. The quantitative estimate of drug-likeness (QED) is 0.903. The minimum atomic E-state index is -1.49. The van der Waals surface area contributed by atoms with Gasteiger partial charge in [-0.15, -0.1) is 0 Å². The molecule has 0 fully saturated rings. The van der Waals surface area contributed by atoms with Gasteiger partial charge >= 0.3 is 5.97 Å². The molecule has 0 saturated heterocycles. The molecule has 0 unspecified atom stereocenters. The Morgan fingerprint density at radius 1 is 1.42 bits per heavy atom. The second-order valence-electron chi connectivity index (χ2n) is 4.64. The van der Waals surface area contributed by atoms with E-state index in [2.05, 4.69) is 10.2 Å². The number of hydrogen-bond donors (Lipinski definition) is 2. The molecule has 0 radical (unpaired) electrons. The zero-order valence-electron chi connectivity index (χ0n) is 10.4. The Kier molecular flexibility index (Phi) is 3.32. The van der Waals surface area contributed by atoms with Crippen molar-refractivity contribution in [3.8, 4) is 11.3 Å². The van der Waals surface area contributed by atoms with Crippen molar-refractivity contribution in [2.24, 2.45) is 0 Å². The summed E-state index contributed by atoms with van der Waals surface area (Å²) in [5.74, 6) is -1.10. The van der Waals surface area contributed by atoms with Gasteiger partial charge in [-0.05, 0) is 31.5 Å². The number of carbonyl (C=O) groups is 1. The van der Waals surface area contributed by atoms with Gasteiger partial charge in [-0.2, -0.15) is 5.10 Å². The highest BCUT2D eigenvalue weighted by atomic mass is 35.5. The zero-order chi connectivity index (χ0) is 14.2. The van der Waals surface area contributed by atoms with Gasteiger partial charge < -0.3 is 5.11 Å². The number of halogens is 2. The van der Waals surface area contributed by atoms with E-state index < -0.39 is 11.6 Å². The van der Waals surface area contributed by atoms with Crippen LogP contribution in [0.15, 0.2) is 24.3 Å². The number of aromatic amines is 1. The SMILES string of the molecule is CC(C)(F)c1ccc(-c2cc(C(=O)O)[nH]n2)c(Cl)c1. The second-order valence-corrected chi connectivity index (χ2v) is 5.05. The summed E-state index contributed by atoms with van der Waals surface area (Å²) in [6, 6.07) is 6.13. The number of nitrogens with one attached hydrogen (secondary N) is 1. The standard InChI is InChI=1S/C13H12ClFN2O2/c1-13(2,15)7-3-4-8(9(14)5-7)10-6-11(12(18)19)17-16-10/h3-6H,1-2H3,(H,16,17)(H,18,19). The third-order valence-corrected chi connectivity index (χ3v) is 3.05. The van der Waals surface area contributed by atoms with Crippen molar-refractivity contribution in [3.05, 3.63) is 40.5 Å². The fourth-order valence-corrected chi connectivity index (χ4v) is 1.94. The predicted octanol–water partition coefficient (Wildman–Crippen LogP) is 3.63. The van der Waals surface area contributed by atoms with E-state index in [-0.39, 0.29) is 5.69 Å². The molecule has 0 saturated carbocycles. The number of aromatic nitrogens is 2. The van der Waals surface area contributed by atoms with Crippen LogP contribution in [0.1, 0.15) is 29.9 Å². The molecular formula is C13H12ClFN2O2. The molecule has 0 spiro atoms. The van der Waals surface area contributed by atoms with E-state index in [4.69, 9.17) is 16.7 Å². The third kappa shape index (κ3) is 2.76. The van der Waals surface area contributed by atoms with Crippen molar-refractivity contribution in [2.45, 2.75) is 19.5 Å². The van der Waals surface area contributed by atoms with E-state index in [0.717, 1.165) is 0 Å². The van der Waals surface area contributed by atoms with Crippen LogP contribution in [0.2, 0.25) is 5.02 Å². The summed E-state index contributed by atoms with van der Waals surface area (Å²) in [5.41, 5.74) is -0.0970. The summed E-state index contributed by atoms with van der Waals surface area (Å²) >= 11 is 6.09. The van der Waals surface area contributed by atoms with Crippen LogP contribution in [0.3, 0.4) is 0 Å². The number of rotatable bonds is 3. The van der Waals surface area contributed by atoms with Crippen LogP contribution >= 0.6 is 11.6 Å². The number of aromatic carboxylic acids is 1. The molecule has 2 N–H and O–H groups in total. The maximum atomic E-state index is 13.8. The van der Waals surface area contributed by atoms with E-state index in [1.54, 1.807) is 12.1 Å². The first-order chi connectivity index (χ1) is 8.79. The first-order valence-electron chi connectivity index (χ1n) is 5.57. The maximum absolute atomic E-state index is 13.8. The van der Waals surface area contributed by atoms with Crippen LogP contribution < -0.4 is 0 Å². The summed E-state index contributed by atoms with van der Waals surface area (Å²) in [6.07, 6.45) is 0. The van der Waals surface area contributed by atoms with Crippen molar-refractivity contribution in [1.82, 2.24) is 10.2 Å². The van der Waals surface area contributed by atoms with Crippen LogP contribution in [-0.4, -0.2) is 21.3 Å². The fourth-order valence-electron chi connectivity index (χ4n) is 1.66. The van der Waals surface area contributed by atoms with Gasteiger partial charge in [0.15, 0.2) is 0 Å². The molecule has 0 aliphatic carbocycles. The first-order valence-corrected chi connectivity index (χ1v) is 5.95. The Bertz CT molecular complexity index is 632. The Balaban J connectivity index is 2.43. The monoisotopic (exact) mass is 282 g/mol. The lowest BCUT2D eigenvalue weighted by Crippen LogP contribution is -2.08. The lowest BCUT2D eigenvalue weighted by molar-refractivity contribution is 0.0690. The molecule has 1 heterocycles. The summed E-state index contributed by atoms with van der Waals surface area (Å²) in [5, 5.41) is 15.4. The van der Waals surface area contributed by atoms with Crippen LogP contribution in [0.4, 0.5) is 4.39 Å². The number of carboxylic acid groups (broad SMARTS) is 1. The van der Waals surface area contributed by atoms with Crippen LogP contribution in [0.25, 0.3) is 11.3 Å². The van der Waals surface area contributed by atoms with Crippen molar-refractivity contribution in [2.75, 3.05) is 0 Å². The maximum Gasteiger partial charge on any atom is 0.353 e. The molecular weight excluding hydrogens is 271 g/mol. The number of benzene rings is 1. The van der Waals surface area contributed by atoms with Gasteiger partial charge in [0.05, 0.1) is 10.7 Å². The lowest BCUT2D eigenvalue weighted by Gasteiger charge is -2.15. The van der Waals surface area contributed by atoms with Crippen molar-refractivity contribution >= 4 is 17.6 Å². The molecule has 1 aromatic heterocycles. The van der Waals surface area contributed by atoms with Crippen molar-refractivity contribution in [3.63, 3.8) is 0 Å². The average molecular weight is 283 g/mol. The molecule has 0 amide bonds. The molecule has 0 aliphatic heterocycles. The van der Waals surface area contributed by atoms with Crippen molar-refractivity contribution < 1.29 is 14.3 Å². The molecule has 19 heavy (non-hydrogen) atoms. The Hall–Kier alpha value is -1.88. The second kappa shape index (κ2) is 4.66. The highest BCUT2D eigenvalue weighted by molar-refractivity contribution is 6.33. The third-order valence-electron chi connectivity index (χ3n) is 2.74. The Morgan fingerprint density at radius 3 is 2.58 bits per heavy atom. The topological polar surface area (TPSA) is 66.0 Å². The Morgan fingerprint density at radius 2 is 2.11 bits per heavy atom. The lowest BCUT2D eigenvalue weighted by atomic mass is 9.98. The number of nitrogens with zero attached hydrogens (tertiary/aromatic N) is 1. The summed E-state index contributed by atoms with van der Waals surface area (Å²) < 4.78 is 13.8.